The summed E-state index contributed by atoms with van der Waals surface area (Å²) >= 11 is 0. The summed E-state index contributed by atoms with van der Waals surface area (Å²) in [6.45, 7) is 1.14. The molecule has 0 unspecified atom stereocenters. The van der Waals surface area contributed by atoms with E-state index < -0.39 is 0 Å². The highest BCUT2D eigenvalue weighted by atomic mass is 16.5. The van der Waals surface area contributed by atoms with E-state index >= 15 is 0 Å². The number of aromatic nitrogens is 1. The Hall–Kier alpha value is -3.49. The fourth-order valence-corrected chi connectivity index (χ4v) is 3.92. The highest BCUT2D eigenvalue weighted by Gasteiger charge is 2.30. The van der Waals surface area contributed by atoms with Gasteiger partial charge < -0.3 is 20.4 Å². The van der Waals surface area contributed by atoms with Gasteiger partial charge in [-0.15, -0.1) is 0 Å². The first-order chi connectivity index (χ1) is 14.7. The summed E-state index contributed by atoms with van der Waals surface area (Å²) < 4.78 is 5.94. The van der Waals surface area contributed by atoms with Crippen LogP contribution in [0.3, 0.4) is 0 Å². The Balaban J connectivity index is 1.25. The topological polar surface area (TPSA) is 108 Å². The molecule has 1 saturated heterocycles. The number of hydrogen-bond acceptors (Lipinski definition) is 5. The molecule has 1 aromatic heterocycles. The van der Waals surface area contributed by atoms with Crippen molar-refractivity contribution in [2.75, 3.05) is 11.9 Å². The Bertz CT molecular complexity index is 1140. The van der Waals surface area contributed by atoms with Crippen molar-refractivity contribution < 1.29 is 14.3 Å². The van der Waals surface area contributed by atoms with Gasteiger partial charge in [-0.2, -0.15) is 5.10 Å². The highest BCUT2D eigenvalue weighted by molar-refractivity contribution is 6.15. The Morgan fingerprint density at radius 2 is 2.10 bits per heavy atom. The van der Waals surface area contributed by atoms with E-state index in [9.17, 15) is 9.59 Å². The van der Waals surface area contributed by atoms with Crippen molar-refractivity contribution in [3.63, 3.8) is 0 Å². The van der Waals surface area contributed by atoms with E-state index in [1.165, 1.54) is 0 Å². The lowest BCUT2D eigenvalue weighted by atomic mass is 10.0. The van der Waals surface area contributed by atoms with Crippen molar-refractivity contribution in [2.45, 2.75) is 25.2 Å². The number of H-pyrrole nitrogens is 1. The predicted octanol–water partition coefficient (Wildman–Crippen LogP) is 2.13. The van der Waals surface area contributed by atoms with E-state index in [2.05, 4.69) is 26.1 Å². The first-order valence-corrected chi connectivity index (χ1v) is 9.86. The molecule has 0 bridgehead atoms. The van der Waals surface area contributed by atoms with E-state index in [-0.39, 0.29) is 24.0 Å². The van der Waals surface area contributed by atoms with Crippen molar-refractivity contribution >= 4 is 34.6 Å². The van der Waals surface area contributed by atoms with Gasteiger partial charge in [-0.25, -0.2) is 5.43 Å². The number of anilines is 1. The maximum atomic E-state index is 12.8. The second-order valence-corrected chi connectivity index (χ2v) is 7.49. The molecule has 2 aliphatic heterocycles. The second-order valence-electron chi connectivity index (χ2n) is 7.49. The number of carbonyl (C=O) groups excluding carboxylic acids is 2. The van der Waals surface area contributed by atoms with Crippen LogP contribution < -0.4 is 16.1 Å². The van der Waals surface area contributed by atoms with Crippen molar-refractivity contribution in [2.24, 2.45) is 5.10 Å². The summed E-state index contributed by atoms with van der Waals surface area (Å²) in [5.74, 6) is -0.455. The Kier molecular flexibility index (Phi) is 4.78. The van der Waals surface area contributed by atoms with Gasteiger partial charge in [-0.1, -0.05) is 30.3 Å². The SMILES string of the molecule is O=C1NN=Cc2c[nH]c3cc(NC(=O)[C@@H]4C[C@@H](OCc5ccccc5)CN4)cc1c23. The van der Waals surface area contributed by atoms with Gasteiger partial charge in [0.25, 0.3) is 5.91 Å². The summed E-state index contributed by atoms with van der Waals surface area (Å²) in [5, 5.41) is 10.8. The number of amides is 2. The Morgan fingerprint density at radius 3 is 2.97 bits per heavy atom. The van der Waals surface area contributed by atoms with E-state index in [1.54, 1.807) is 18.5 Å². The number of rotatable bonds is 5. The summed E-state index contributed by atoms with van der Waals surface area (Å²) in [5.41, 5.74) is 6.21. The maximum absolute atomic E-state index is 12.8. The van der Waals surface area contributed by atoms with Crippen LogP contribution >= 0.6 is 0 Å². The zero-order chi connectivity index (χ0) is 20.5. The maximum Gasteiger partial charge on any atom is 0.272 e. The zero-order valence-electron chi connectivity index (χ0n) is 16.1. The molecule has 3 aromatic rings. The normalized spacial score (nSPS) is 20.2. The molecular weight excluding hydrogens is 382 g/mol. The molecule has 2 aromatic carbocycles. The monoisotopic (exact) mass is 403 g/mol. The van der Waals surface area contributed by atoms with Crippen molar-refractivity contribution in [3.05, 3.63) is 65.4 Å². The molecule has 8 nitrogen and oxygen atoms in total. The molecule has 0 spiro atoms. The molecule has 4 N–H and O–H groups in total. The van der Waals surface area contributed by atoms with Crippen molar-refractivity contribution in [3.8, 4) is 0 Å². The van der Waals surface area contributed by atoms with Gasteiger partial charge in [0.1, 0.15) is 0 Å². The lowest BCUT2D eigenvalue weighted by Gasteiger charge is -2.13. The molecule has 0 saturated carbocycles. The molecule has 5 rings (SSSR count). The molecule has 0 aliphatic carbocycles. The van der Waals surface area contributed by atoms with Gasteiger partial charge in [0.05, 0.1) is 30.5 Å². The molecular formula is C22H21N5O3. The first-order valence-electron chi connectivity index (χ1n) is 9.86. The minimum atomic E-state index is -0.350. The van der Waals surface area contributed by atoms with Crippen LogP contribution in [-0.4, -0.2) is 41.7 Å². The largest absolute Gasteiger partial charge is 0.372 e. The molecule has 0 radical (unpaired) electrons. The highest BCUT2D eigenvalue weighted by Crippen LogP contribution is 2.27. The van der Waals surface area contributed by atoms with E-state index in [0.29, 0.717) is 30.8 Å². The van der Waals surface area contributed by atoms with Crippen LogP contribution in [0.4, 0.5) is 5.69 Å². The van der Waals surface area contributed by atoms with Gasteiger partial charge in [0.2, 0.25) is 5.91 Å². The summed E-state index contributed by atoms with van der Waals surface area (Å²) in [7, 11) is 0. The van der Waals surface area contributed by atoms with E-state index in [0.717, 1.165) is 22.0 Å². The number of ether oxygens (including phenoxy) is 1. The van der Waals surface area contributed by atoms with Crippen LogP contribution in [0.15, 0.2) is 53.8 Å². The zero-order valence-corrected chi connectivity index (χ0v) is 16.1. The number of benzene rings is 2. The van der Waals surface area contributed by atoms with E-state index in [1.807, 2.05) is 36.4 Å². The molecule has 152 valence electrons. The smallest absolute Gasteiger partial charge is 0.272 e. The van der Waals surface area contributed by atoms with Gasteiger partial charge in [0.15, 0.2) is 0 Å². The van der Waals surface area contributed by atoms with Crippen LogP contribution in [0.2, 0.25) is 0 Å². The third kappa shape index (κ3) is 3.58. The summed E-state index contributed by atoms with van der Waals surface area (Å²) in [6.07, 6.45) is 3.96. The second kappa shape index (κ2) is 7.74. The Morgan fingerprint density at radius 1 is 1.23 bits per heavy atom. The quantitative estimate of drug-likeness (QED) is 0.523. The molecule has 1 fully saturated rings. The molecule has 8 heteroatoms. The van der Waals surface area contributed by atoms with Crippen LogP contribution in [0.25, 0.3) is 10.9 Å². The Labute approximate surface area is 172 Å². The third-order valence-electron chi connectivity index (χ3n) is 5.43. The summed E-state index contributed by atoms with van der Waals surface area (Å²) in [4.78, 5) is 28.2. The molecule has 2 atom stereocenters. The third-order valence-corrected chi connectivity index (χ3v) is 5.43. The van der Waals surface area contributed by atoms with Crippen LogP contribution in [0, 0.1) is 0 Å². The molecule has 30 heavy (non-hydrogen) atoms. The number of hydrogen-bond donors (Lipinski definition) is 4. The first kappa shape index (κ1) is 18.5. The fourth-order valence-electron chi connectivity index (χ4n) is 3.92. The standard InChI is InChI=1S/C22H21N5O3/c28-21-17-6-15(7-18-20(17)14(9-23-18)10-25-27-21)26-22(29)19-8-16(11-24-19)30-12-13-4-2-1-3-5-13/h1-7,9-10,16,19,23-24H,8,11-12H2,(H,26,29)(H,27,28)/t16-,19+/m1/s1. The lowest BCUT2D eigenvalue weighted by Crippen LogP contribution is -2.35. The average Bonchev–Trinajstić information content (AvgIpc) is 3.36. The van der Waals surface area contributed by atoms with Crippen LogP contribution in [-0.2, 0) is 16.1 Å². The predicted molar refractivity (Wildman–Crippen MR) is 113 cm³/mol. The lowest BCUT2D eigenvalue weighted by molar-refractivity contribution is -0.118. The minimum Gasteiger partial charge on any atom is -0.372 e. The number of nitrogens with one attached hydrogen (secondary N) is 4. The average molecular weight is 403 g/mol. The number of hydrazone groups is 1. The van der Waals surface area contributed by atoms with Gasteiger partial charge in [0, 0.05) is 34.9 Å². The number of nitrogens with zero attached hydrogens (tertiary/aromatic N) is 1. The van der Waals surface area contributed by atoms with Gasteiger partial charge in [-0.05, 0) is 24.1 Å². The number of carbonyl (C=O) groups is 2. The number of aromatic amines is 1. The molecule has 2 aliphatic rings. The molecule has 3 heterocycles. The van der Waals surface area contributed by atoms with Crippen LogP contribution in [0.5, 0.6) is 0 Å². The molecule has 2 amide bonds. The van der Waals surface area contributed by atoms with Gasteiger partial charge in [-0.3, -0.25) is 9.59 Å². The summed E-state index contributed by atoms with van der Waals surface area (Å²) in [6, 6.07) is 13.1. The van der Waals surface area contributed by atoms with Gasteiger partial charge >= 0.3 is 0 Å². The van der Waals surface area contributed by atoms with E-state index in [4.69, 9.17) is 4.74 Å². The fraction of sp³-hybridized carbons (Fsp3) is 0.227. The van der Waals surface area contributed by atoms with Crippen molar-refractivity contribution in [1.82, 2.24) is 15.7 Å². The van der Waals surface area contributed by atoms with Crippen LogP contribution in [0.1, 0.15) is 27.9 Å². The van der Waals surface area contributed by atoms with Crippen molar-refractivity contribution in [1.29, 1.82) is 0 Å². The minimum absolute atomic E-state index is 0.0259.